The number of rotatable bonds is 2. The summed E-state index contributed by atoms with van der Waals surface area (Å²) in [6.45, 7) is 3.41. The summed E-state index contributed by atoms with van der Waals surface area (Å²) in [7, 11) is 1.58. The monoisotopic (exact) mass is 188 g/mol. The Balaban J connectivity index is 0. The molecule has 0 rings (SSSR count). The number of carboxylic acid groups (broad SMARTS) is 2. The van der Waals surface area contributed by atoms with Crippen molar-refractivity contribution in [1.82, 2.24) is 5.43 Å². The highest BCUT2D eigenvalue weighted by Crippen LogP contribution is 1.59. The Hall–Kier alpha value is -2.05. The average Bonchev–Trinajstić information content (AvgIpc) is 2.03. The van der Waals surface area contributed by atoms with Gasteiger partial charge in [0.15, 0.2) is 0 Å². The van der Waals surface area contributed by atoms with E-state index in [-0.39, 0.29) is 5.96 Å². The van der Waals surface area contributed by atoms with E-state index in [0.717, 1.165) is 0 Å². The van der Waals surface area contributed by atoms with Gasteiger partial charge in [0, 0.05) is 13.3 Å². The number of allylic oxidation sites excluding steroid dienone is 1. The van der Waals surface area contributed by atoms with Crippen molar-refractivity contribution in [1.29, 1.82) is 0 Å². The third-order valence-electron chi connectivity index (χ3n) is 0.600. The van der Waals surface area contributed by atoms with Gasteiger partial charge in [0.2, 0.25) is 5.96 Å². The topological polar surface area (TPSA) is 120 Å². The van der Waals surface area contributed by atoms with Crippen LogP contribution in [0.5, 0.6) is 0 Å². The number of hydrogen-bond acceptors (Lipinski definition) is 3. The Morgan fingerprint density at radius 3 is 2.38 bits per heavy atom. The summed E-state index contributed by atoms with van der Waals surface area (Å²) in [5, 5.41) is 17.6. The largest absolute Gasteiger partial charge is 0.503 e. The molecule has 0 heterocycles. The third-order valence-corrected chi connectivity index (χ3v) is 0.600. The zero-order valence-electron chi connectivity index (χ0n) is 7.14. The molecule has 0 aromatic heterocycles. The second-order valence-corrected chi connectivity index (χ2v) is 1.52. The van der Waals surface area contributed by atoms with Crippen molar-refractivity contribution in [2.24, 2.45) is 15.8 Å². The highest BCUT2D eigenvalue weighted by molar-refractivity contribution is 5.79. The van der Waals surface area contributed by atoms with E-state index in [1.807, 2.05) is 0 Å². The minimum Gasteiger partial charge on any atom is -0.450 e. The molecule has 0 saturated carbocycles. The first-order valence-electron chi connectivity index (χ1n) is 3.08. The zero-order valence-corrected chi connectivity index (χ0v) is 7.14. The molecule has 0 bridgehead atoms. The minimum atomic E-state index is -1.83. The number of hydrazone groups is 1. The predicted octanol–water partition coefficient (Wildman–Crippen LogP) is -0.0853. The van der Waals surface area contributed by atoms with Gasteiger partial charge in [-0.15, -0.1) is 0 Å². The van der Waals surface area contributed by atoms with Gasteiger partial charge in [0.1, 0.15) is 0 Å². The molecular weight excluding hydrogens is 176 g/mol. The van der Waals surface area contributed by atoms with Crippen LogP contribution in [0.4, 0.5) is 4.79 Å². The molecule has 74 valence electrons. The van der Waals surface area contributed by atoms with Crippen molar-refractivity contribution < 1.29 is 15.0 Å². The van der Waals surface area contributed by atoms with Crippen LogP contribution in [-0.4, -0.2) is 35.6 Å². The van der Waals surface area contributed by atoms with Crippen LogP contribution in [0.15, 0.2) is 22.7 Å². The lowest BCUT2D eigenvalue weighted by molar-refractivity contribution is 0.137. The van der Waals surface area contributed by atoms with Crippen LogP contribution in [-0.2, 0) is 0 Å². The molecule has 0 aromatic rings. The molecule has 0 aliphatic heterocycles. The second kappa shape index (κ2) is 9.95. The van der Waals surface area contributed by atoms with E-state index in [1.165, 1.54) is 12.3 Å². The predicted molar refractivity (Wildman–Crippen MR) is 50.0 cm³/mol. The Labute approximate surface area is 75.3 Å². The van der Waals surface area contributed by atoms with Crippen molar-refractivity contribution in [2.75, 3.05) is 7.05 Å². The van der Waals surface area contributed by atoms with Crippen molar-refractivity contribution in [3.05, 3.63) is 12.7 Å². The van der Waals surface area contributed by atoms with E-state index in [2.05, 4.69) is 22.1 Å². The fourth-order valence-electron chi connectivity index (χ4n) is 0.206. The fourth-order valence-corrected chi connectivity index (χ4v) is 0.206. The molecule has 0 aliphatic rings. The summed E-state index contributed by atoms with van der Waals surface area (Å²) in [5.41, 5.74) is 7.66. The molecular formula is C6H12N4O3. The van der Waals surface area contributed by atoms with Gasteiger partial charge in [-0.2, -0.15) is 5.10 Å². The number of guanidine groups is 1. The maximum Gasteiger partial charge on any atom is 0.503 e. The van der Waals surface area contributed by atoms with Crippen LogP contribution in [0.1, 0.15) is 0 Å². The quantitative estimate of drug-likeness (QED) is 0.274. The van der Waals surface area contributed by atoms with Crippen LogP contribution in [0.3, 0.4) is 0 Å². The molecule has 7 nitrogen and oxygen atoms in total. The first kappa shape index (κ1) is 13.5. The smallest absolute Gasteiger partial charge is 0.450 e. The van der Waals surface area contributed by atoms with Crippen LogP contribution >= 0.6 is 0 Å². The lowest BCUT2D eigenvalue weighted by atomic mass is 10.7. The van der Waals surface area contributed by atoms with Gasteiger partial charge in [-0.1, -0.05) is 6.58 Å². The van der Waals surface area contributed by atoms with Crippen molar-refractivity contribution in [3.63, 3.8) is 0 Å². The van der Waals surface area contributed by atoms with Crippen LogP contribution in [0.25, 0.3) is 0 Å². The number of carbonyl (C=O) groups is 1. The molecule has 5 N–H and O–H groups in total. The summed E-state index contributed by atoms with van der Waals surface area (Å²) in [4.78, 5) is 12.2. The maximum atomic E-state index is 8.56. The average molecular weight is 188 g/mol. The lowest BCUT2D eigenvalue weighted by Gasteiger charge is -1.92. The van der Waals surface area contributed by atoms with E-state index < -0.39 is 6.16 Å². The molecule has 0 fully saturated rings. The first-order valence-corrected chi connectivity index (χ1v) is 3.08. The lowest BCUT2D eigenvalue weighted by Crippen LogP contribution is -2.26. The molecule has 7 heteroatoms. The van der Waals surface area contributed by atoms with Crippen LogP contribution < -0.4 is 11.2 Å². The summed E-state index contributed by atoms with van der Waals surface area (Å²) in [5.74, 6) is 0.285. The van der Waals surface area contributed by atoms with Crippen molar-refractivity contribution in [3.8, 4) is 0 Å². The highest BCUT2D eigenvalue weighted by Gasteiger charge is 1.77. The van der Waals surface area contributed by atoms with E-state index in [4.69, 9.17) is 20.7 Å². The standard InChI is InChI=1S/C5H10N4.CH2O3/c1-3-4-8-9-5(6)7-2;2-1(3)4/h3-4H,1H2,2H3,(H3,6,7,9);(H2,2,3,4). The van der Waals surface area contributed by atoms with E-state index in [0.29, 0.717) is 0 Å². The molecule has 0 amide bonds. The third kappa shape index (κ3) is 25.7. The summed E-state index contributed by atoms with van der Waals surface area (Å²) >= 11 is 0. The molecule has 0 aliphatic carbocycles. The van der Waals surface area contributed by atoms with E-state index in [9.17, 15) is 0 Å². The van der Waals surface area contributed by atoms with Gasteiger partial charge in [-0.3, -0.25) is 4.99 Å². The summed E-state index contributed by atoms with van der Waals surface area (Å²) in [6, 6.07) is 0. The Morgan fingerprint density at radius 1 is 1.62 bits per heavy atom. The summed E-state index contributed by atoms with van der Waals surface area (Å²) in [6.07, 6.45) is 1.19. The van der Waals surface area contributed by atoms with Gasteiger partial charge in [0.25, 0.3) is 0 Å². The number of nitrogens with zero attached hydrogens (tertiary/aromatic N) is 2. The number of hydrogen-bond donors (Lipinski definition) is 4. The highest BCUT2D eigenvalue weighted by atomic mass is 16.6. The number of nitrogens with two attached hydrogens (primary N) is 1. The molecule has 0 unspecified atom stereocenters. The Kier molecular flexibility index (Phi) is 10.4. The van der Waals surface area contributed by atoms with Gasteiger partial charge >= 0.3 is 6.16 Å². The first-order chi connectivity index (χ1) is 6.04. The molecule has 0 radical (unpaired) electrons. The molecule has 0 spiro atoms. The molecule has 0 aromatic carbocycles. The fraction of sp³-hybridized carbons (Fsp3) is 0.167. The molecule has 0 atom stereocenters. The van der Waals surface area contributed by atoms with Gasteiger partial charge in [-0.25, -0.2) is 10.2 Å². The van der Waals surface area contributed by atoms with Gasteiger partial charge in [0.05, 0.1) is 0 Å². The zero-order chi connectivity index (χ0) is 10.7. The van der Waals surface area contributed by atoms with E-state index >= 15 is 0 Å². The van der Waals surface area contributed by atoms with Crippen molar-refractivity contribution >= 4 is 18.3 Å². The Bertz CT molecular complexity index is 208. The Morgan fingerprint density at radius 2 is 2.08 bits per heavy atom. The number of aliphatic imine (C=N–C) groups is 1. The van der Waals surface area contributed by atoms with Crippen LogP contribution in [0.2, 0.25) is 0 Å². The normalized spacial score (nSPS) is 10.1. The minimum absolute atomic E-state index is 0.285. The SMILES string of the molecule is C=CC=NNC(N)=NC.O=C(O)O. The second-order valence-electron chi connectivity index (χ2n) is 1.52. The van der Waals surface area contributed by atoms with Crippen LogP contribution in [0, 0.1) is 0 Å². The van der Waals surface area contributed by atoms with Crippen molar-refractivity contribution in [2.45, 2.75) is 0 Å². The molecule has 0 saturated heterocycles. The number of nitrogens with one attached hydrogen (secondary N) is 1. The van der Waals surface area contributed by atoms with E-state index in [1.54, 1.807) is 7.05 Å². The molecule has 13 heavy (non-hydrogen) atoms. The maximum absolute atomic E-state index is 8.56. The van der Waals surface area contributed by atoms with Gasteiger partial charge < -0.3 is 15.9 Å². The summed E-state index contributed by atoms with van der Waals surface area (Å²) < 4.78 is 0. The van der Waals surface area contributed by atoms with Gasteiger partial charge in [-0.05, 0) is 6.08 Å².